The number of hydrogen-bond donors (Lipinski definition) is 0. The van der Waals surface area contributed by atoms with Gasteiger partial charge in [0.25, 0.3) is 0 Å². The van der Waals surface area contributed by atoms with Gasteiger partial charge in [0.05, 0.1) is 19.0 Å². The Hall–Kier alpha value is -1.90. The van der Waals surface area contributed by atoms with Gasteiger partial charge >= 0.3 is 5.97 Å². The van der Waals surface area contributed by atoms with Gasteiger partial charge in [-0.25, -0.2) is 0 Å². The van der Waals surface area contributed by atoms with E-state index >= 15 is 0 Å². The quantitative estimate of drug-likeness (QED) is 0.789. The van der Waals surface area contributed by atoms with Gasteiger partial charge in [-0.2, -0.15) is 0 Å². The van der Waals surface area contributed by atoms with Gasteiger partial charge in [0.1, 0.15) is 0 Å². The van der Waals surface area contributed by atoms with Crippen molar-refractivity contribution in [2.45, 2.75) is 33.1 Å². The molecular formula is C16H19NO2. The van der Waals surface area contributed by atoms with Crippen molar-refractivity contribution in [2.75, 3.05) is 7.11 Å². The zero-order valence-electron chi connectivity index (χ0n) is 11.7. The summed E-state index contributed by atoms with van der Waals surface area (Å²) in [6.45, 7) is 4.24. The summed E-state index contributed by atoms with van der Waals surface area (Å²) in [6, 6.07) is 8.42. The second kappa shape index (κ2) is 5.83. The fraction of sp³-hybridized carbons (Fsp3) is 0.375. The molecule has 0 aliphatic heterocycles. The highest BCUT2D eigenvalue weighted by molar-refractivity contribution is 5.83. The van der Waals surface area contributed by atoms with Crippen molar-refractivity contribution in [1.82, 2.24) is 4.98 Å². The number of methoxy groups -OCH3 is 1. The molecule has 0 spiro atoms. The highest BCUT2D eigenvalue weighted by atomic mass is 16.5. The van der Waals surface area contributed by atoms with Crippen molar-refractivity contribution in [3.05, 3.63) is 41.1 Å². The summed E-state index contributed by atoms with van der Waals surface area (Å²) in [6.07, 6.45) is 2.03. The molecule has 0 saturated carbocycles. The van der Waals surface area contributed by atoms with Gasteiger partial charge in [0.2, 0.25) is 0 Å². The predicted octanol–water partition coefficient (Wildman–Crippen LogP) is 3.21. The van der Waals surface area contributed by atoms with Crippen LogP contribution in [0.4, 0.5) is 0 Å². The van der Waals surface area contributed by atoms with Gasteiger partial charge in [-0.1, -0.05) is 13.0 Å². The van der Waals surface area contributed by atoms with Crippen LogP contribution in [-0.2, 0) is 22.4 Å². The lowest BCUT2D eigenvalue weighted by Gasteiger charge is -2.07. The summed E-state index contributed by atoms with van der Waals surface area (Å²) in [5.74, 6) is -0.194. The molecule has 1 aromatic carbocycles. The topological polar surface area (TPSA) is 39.2 Å². The number of aromatic nitrogens is 1. The first-order chi connectivity index (χ1) is 9.13. The molecule has 3 heteroatoms. The zero-order chi connectivity index (χ0) is 13.8. The Bertz CT molecular complexity index is 605. The Morgan fingerprint density at radius 2 is 2.11 bits per heavy atom. The largest absolute Gasteiger partial charge is 0.469 e. The average molecular weight is 257 g/mol. The molecule has 0 saturated heterocycles. The van der Waals surface area contributed by atoms with E-state index in [2.05, 4.69) is 47.8 Å². The number of nitrogens with zero attached hydrogens (tertiary/aromatic N) is 1. The van der Waals surface area contributed by atoms with Crippen LogP contribution in [-0.4, -0.2) is 18.1 Å². The summed E-state index contributed by atoms with van der Waals surface area (Å²) >= 11 is 0. The summed E-state index contributed by atoms with van der Waals surface area (Å²) in [5.41, 5.74) is 4.47. The van der Waals surface area contributed by atoms with Crippen molar-refractivity contribution < 1.29 is 9.53 Å². The molecular weight excluding hydrogens is 238 g/mol. The van der Waals surface area contributed by atoms with Crippen LogP contribution < -0.4 is 0 Å². The minimum absolute atomic E-state index is 0.194. The maximum Gasteiger partial charge on any atom is 0.305 e. The summed E-state index contributed by atoms with van der Waals surface area (Å²) < 4.78 is 4.65. The van der Waals surface area contributed by atoms with Crippen molar-refractivity contribution in [3.63, 3.8) is 0 Å². The minimum atomic E-state index is -0.194. The molecule has 0 amide bonds. The third kappa shape index (κ3) is 3.11. The highest BCUT2D eigenvalue weighted by Crippen LogP contribution is 2.20. The Balaban J connectivity index is 2.31. The minimum Gasteiger partial charge on any atom is -0.469 e. The van der Waals surface area contributed by atoms with Crippen LogP contribution in [0.1, 0.15) is 30.2 Å². The van der Waals surface area contributed by atoms with Crippen molar-refractivity contribution >= 4 is 16.9 Å². The Morgan fingerprint density at radius 1 is 1.32 bits per heavy atom. The van der Waals surface area contributed by atoms with Gasteiger partial charge in [-0.05, 0) is 42.7 Å². The molecule has 3 nitrogen and oxygen atoms in total. The SMILES string of the molecule is CCc1ccc2nc(CCC(=O)OC)cc(C)c2c1. The summed E-state index contributed by atoms with van der Waals surface area (Å²) in [4.78, 5) is 15.8. The second-order valence-corrected chi connectivity index (χ2v) is 4.71. The van der Waals surface area contributed by atoms with Crippen molar-refractivity contribution in [3.8, 4) is 0 Å². The number of carbonyl (C=O) groups is 1. The molecule has 0 radical (unpaired) electrons. The normalized spacial score (nSPS) is 10.7. The molecule has 19 heavy (non-hydrogen) atoms. The molecule has 2 rings (SSSR count). The summed E-state index contributed by atoms with van der Waals surface area (Å²) in [5, 5.41) is 1.20. The molecule has 2 aromatic rings. The lowest BCUT2D eigenvalue weighted by atomic mass is 10.0. The Labute approximate surface area is 113 Å². The van der Waals surface area contributed by atoms with E-state index in [-0.39, 0.29) is 5.97 Å². The molecule has 1 heterocycles. The lowest BCUT2D eigenvalue weighted by molar-refractivity contribution is -0.140. The van der Waals surface area contributed by atoms with Crippen molar-refractivity contribution in [2.24, 2.45) is 0 Å². The summed E-state index contributed by atoms with van der Waals surface area (Å²) in [7, 11) is 1.41. The van der Waals surface area contributed by atoms with E-state index < -0.39 is 0 Å². The van der Waals surface area contributed by atoms with Crippen LogP contribution in [0.15, 0.2) is 24.3 Å². The number of carbonyl (C=O) groups excluding carboxylic acids is 1. The maximum atomic E-state index is 11.2. The molecule has 100 valence electrons. The number of rotatable bonds is 4. The monoisotopic (exact) mass is 257 g/mol. The molecule has 0 bridgehead atoms. The van der Waals surface area contributed by atoms with E-state index in [1.54, 1.807) is 0 Å². The Morgan fingerprint density at radius 3 is 2.79 bits per heavy atom. The van der Waals surface area contributed by atoms with E-state index in [9.17, 15) is 4.79 Å². The van der Waals surface area contributed by atoms with Gasteiger partial charge < -0.3 is 4.74 Å². The third-order valence-electron chi connectivity index (χ3n) is 3.35. The van der Waals surface area contributed by atoms with Crippen LogP contribution in [0.3, 0.4) is 0 Å². The van der Waals surface area contributed by atoms with Crippen LogP contribution in [0.2, 0.25) is 0 Å². The molecule has 1 aromatic heterocycles. The number of aryl methyl sites for hydroxylation is 3. The third-order valence-corrected chi connectivity index (χ3v) is 3.35. The molecule has 0 atom stereocenters. The first-order valence-corrected chi connectivity index (χ1v) is 6.60. The Kier molecular flexibility index (Phi) is 4.15. The van der Waals surface area contributed by atoms with Crippen molar-refractivity contribution in [1.29, 1.82) is 0 Å². The molecule has 0 N–H and O–H groups in total. The second-order valence-electron chi connectivity index (χ2n) is 4.71. The standard InChI is InChI=1S/C16H19NO2/c1-4-12-5-7-15-14(10-12)11(2)9-13(17-15)6-8-16(18)19-3/h5,7,9-10H,4,6,8H2,1-3H3. The van der Waals surface area contributed by atoms with E-state index in [1.807, 2.05) is 0 Å². The molecule has 0 fully saturated rings. The number of fused-ring (bicyclic) bond motifs is 1. The number of pyridine rings is 1. The molecule has 0 unspecified atom stereocenters. The maximum absolute atomic E-state index is 11.2. The highest BCUT2D eigenvalue weighted by Gasteiger charge is 2.06. The lowest BCUT2D eigenvalue weighted by Crippen LogP contribution is -2.03. The number of hydrogen-bond acceptors (Lipinski definition) is 3. The fourth-order valence-corrected chi connectivity index (χ4v) is 2.19. The first-order valence-electron chi connectivity index (χ1n) is 6.60. The van der Waals surface area contributed by atoms with Crippen LogP contribution in [0.5, 0.6) is 0 Å². The van der Waals surface area contributed by atoms with Gasteiger partial charge in [0, 0.05) is 17.5 Å². The predicted molar refractivity (Wildman–Crippen MR) is 76.2 cm³/mol. The smallest absolute Gasteiger partial charge is 0.305 e. The van der Waals surface area contributed by atoms with E-state index in [4.69, 9.17) is 0 Å². The number of benzene rings is 1. The van der Waals surface area contributed by atoms with E-state index in [0.717, 1.165) is 17.6 Å². The first kappa shape index (κ1) is 13.5. The van der Waals surface area contributed by atoms with Gasteiger partial charge in [0.15, 0.2) is 0 Å². The van der Waals surface area contributed by atoms with E-state index in [1.165, 1.54) is 23.6 Å². The van der Waals surface area contributed by atoms with Gasteiger partial charge in [-0.15, -0.1) is 0 Å². The fourth-order valence-electron chi connectivity index (χ4n) is 2.19. The van der Waals surface area contributed by atoms with Crippen LogP contribution in [0.25, 0.3) is 10.9 Å². The van der Waals surface area contributed by atoms with E-state index in [0.29, 0.717) is 12.8 Å². The number of ether oxygens (including phenoxy) is 1. The molecule has 0 aliphatic rings. The van der Waals surface area contributed by atoms with Crippen LogP contribution in [0, 0.1) is 6.92 Å². The van der Waals surface area contributed by atoms with Gasteiger partial charge in [-0.3, -0.25) is 9.78 Å². The molecule has 0 aliphatic carbocycles. The average Bonchev–Trinajstić information content (AvgIpc) is 2.44. The van der Waals surface area contributed by atoms with Crippen LogP contribution >= 0.6 is 0 Å². The number of esters is 1. The zero-order valence-corrected chi connectivity index (χ0v) is 11.7.